The first-order valence-electron chi connectivity index (χ1n) is 7.60. The normalized spacial score (nSPS) is 16.0. The summed E-state index contributed by atoms with van der Waals surface area (Å²) in [5.74, 6) is -0.988. The van der Waals surface area contributed by atoms with E-state index in [4.69, 9.17) is 9.47 Å². The van der Waals surface area contributed by atoms with Crippen molar-refractivity contribution in [3.63, 3.8) is 0 Å². The molecule has 1 aliphatic rings. The second kappa shape index (κ2) is 6.86. The molecule has 0 aromatic heterocycles. The Labute approximate surface area is 138 Å². The lowest BCUT2D eigenvalue weighted by atomic mass is 9.96. The number of ether oxygens (including phenoxy) is 2. The fourth-order valence-corrected chi connectivity index (χ4v) is 2.71. The first kappa shape index (κ1) is 16.2. The van der Waals surface area contributed by atoms with Gasteiger partial charge in [0.05, 0.1) is 13.7 Å². The summed E-state index contributed by atoms with van der Waals surface area (Å²) < 4.78 is 38.0. The van der Waals surface area contributed by atoms with Crippen LogP contribution in [0, 0.1) is 17.6 Å². The van der Waals surface area contributed by atoms with Crippen LogP contribution in [-0.2, 0) is 6.42 Å². The standard InChI is InChI=1S/C18H17F2NO3/c1-23-13-6-5-12-7-11(10-24-16(12)8-13)9-21-18(22)17-14(19)3-2-4-15(17)20/h2-6,8,11H,7,9-10H2,1H3,(H,21,22). The van der Waals surface area contributed by atoms with Gasteiger partial charge in [0.25, 0.3) is 5.91 Å². The predicted octanol–water partition coefficient (Wildman–Crippen LogP) is 2.95. The molecule has 0 saturated carbocycles. The molecule has 1 heterocycles. The minimum absolute atomic E-state index is 0.0321. The van der Waals surface area contributed by atoms with Crippen LogP contribution in [0.2, 0.25) is 0 Å². The molecule has 6 heteroatoms. The minimum Gasteiger partial charge on any atom is -0.497 e. The lowest BCUT2D eigenvalue weighted by molar-refractivity contribution is 0.0930. The maximum absolute atomic E-state index is 13.6. The van der Waals surface area contributed by atoms with Gasteiger partial charge in [-0.1, -0.05) is 12.1 Å². The number of methoxy groups -OCH3 is 1. The van der Waals surface area contributed by atoms with Gasteiger partial charge in [-0.2, -0.15) is 0 Å². The number of hydrogen-bond donors (Lipinski definition) is 1. The molecule has 1 amide bonds. The molecule has 2 aromatic rings. The monoisotopic (exact) mass is 333 g/mol. The lowest BCUT2D eigenvalue weighted by Gasteiger charge is -2.25. The quantitative estimate of drug-likeness (QED) is 0.936. The molecule has 1 N–H and O–H groups in total. The van der Waals surface area contributed by atoms with Crippen molar-refractivity contribution in [2.45, 2.75) is 6.42 Å². The van der Waals surface area contributed by atoms with Crippen LogP contribution in [0.3, 0.4) is 0 Å². The van der Waals surface area contributed by atoms with E-state index in [2.05, 4.69) is 5.32 Å². The molecule has 0 saturated heterocycles. The van der Waals surface area contributed by atoms with Crippen molar-refractivity contribution in [1.82, 2.24) is 5.32 Å². The zero-order chi connectivity index (χ0) is 17.1. The number of benzene rings is 2. The smallest absolute Gasteiger partial charge is 0.257 e. The van der Waals surface area contributed by atoms with Gasteiger partial charge in [0, 0.05) is 18.5 Å². The van der Waals surface area contributed by atoms with Gasteiger partial charge in [0.1, 0.15) is 28.7 Å². The highest BCUT2D eigenvalue weighted by Crippen LogP contribution is 2.30. The number of carbonyl (C=O) groups is 1. The number of nitrogens with one attached hydrogen (secondary N) is 1. The third-order valence-electron chi connectivity index (χ3n) is 4.00. The summed E-state index contributed by atoms with van der Waals surface area (Å²) in [4.78, 5) is 12.0. The molecule has 0 bridgehead atoms. The predicted molar refractivity (Wildman–Crippen MR) is 84.4 cm³/mol. The van der Waals surface area contributed by atoms with Crippen molar-refractivity contribution < 1.29 is 23.0 Å². The third-order valence-corrected chi connectivity index (χ3v) is 4.00. The van der Waals surface area contributed by atoms with Gasteiger partial charge in [-0.3, -0.25) is 4.79 Å². The van der Waals surface area contributed by atoms with Crippen LogP contribution in [0.5, 0.6) is 11.5 Å². The highest BCUT2D eigenvalue weighted by atomic mass is 19.1. The maximum atomic E-state index is 13.6. The molecule has 126 valence electrons. The third kappa shape index (κ3) is 3.32. The van der Waals surface area contributed by atoms with Crippen molar-refractivity contribution in [3.05, 3.63) is 59.2 Å². The van der Waals surface area contributed by atoms with Crippen molar-refractivity contribution in [3.8, 4) is 11.5 Å². The second-order valence-electron chi connectivity index (χ2n) is 5.66. The van der Waals surface area contributed by atoms with Gasteiger partial charge >= 0.3 is 0 Å². The van der Waals surface area contributed by atoms with E-state index in [1.54, 1.807) is 7.11 Å². The molecule has 0 aliphatic carbocycles. The highest BCUT2D eigenvalue weighted by Gasteiger charge is 2.23. The summed E-state index contributed by atoms with van der Waals surface area (Å²) >= 11 is 0. The van der Waals surface area contributed by atoms with Crippen LogP contribution < -0.4 is 14.8 Å². The van der Waals surface area contributed by atoms with E-state index < -0.39 is 23.1 Å². The van der Waals surface area contributed by atoms with E-state index in [9.17, 15) is 13.6 Å². The van der Waals surface area contributed by atoms with E-state index in [1.165, 1.54) is 6.07 Å². The van der Waals surface area contributed by atoms with Crippen LogP contribution in [0.15, 0.2) is 36.4 Å². The fourth-order valence-electron chi connectivity index (χ4n) is 2.71. The number of hydrogen-bond acceptors (Lipinski definition) is 3. The Bertz CT molecular complexity index is 744. The molecule has 2 aromatic carbocycles. The maximum Gasteiger partial charge on any atom is 0.257 e. The summed E-state index contributed by atoms with van der Waals surface area (Å²) in [5, 5.41) is 2.58. The first-order chi connectivity index (χ1) is 11.6. The Morgan fingerprint density at radius 2 is 2.04 bits per heavy atom. The average Bonchev–Trinajstić information content (AvgIpc) is 2.59. The molecule has 0 radical (unpaired) electrons. The van der Waals surface area contributed by atoms with E-state index in [1.807, 2.05) is 18.2 Å². The topological polar surface area (TPSA) is 47.6 Å². The molecule has 1 atom stereocenters. The molecule has 0 spiro atoms. The number of rotatable bonds is 4. The van der Waals surface area contributed by atoms with Gasteiger partial charge in [0.2, 0.25) is 0 Å². The Morgan fingerprint density at radius 1 is 1.29 bits per heavy atom. The van der Waals surface area contributed by atoms with Crippen LogP contribution in [0.25, 0.3) is 0 Å². The van der Waals surface area contributed by atoms with Crippen molar-refractivity contribution in [2.75, 3.05) is 20.3 Å². The van der Waals surface area contributed by atoms with Crippen LogP contribution >= 0.6 is 0 Å². The fraction of sp³-hybridized carbons (Fsp3) is 0.278. The SMILES string of the molecule is COc1ccc2c(c1)OCC(CNC(=O)c1c(F)cccc1F)C2. The Kier molecular flexibility index (Phi) is 4.64. The summed E-state index contributed by atoms with van der Waals surface area (Å²) in [5.41, 5.74) is 0.456. The molecule has 1 unspecified atom stereocenters. The number of amides is 1. The summed E-state index contributed by atoms with van der Waals surface area (Å²) in [6, 6.07) is 8.92. The van der Waals surface area contributed by atoms with Crippen LogP contribution in [0.1, 0.15) is 15.9 Å². The van der Waals surface area contributed by atoms with Crippen LogP contribution in [0.4, 0.5) is 8.78 Å². The van der Waals surface area contributed by atoms with Gasteiger partial charge < -0.3 is 14.8 Å². The molecular formula is C18H17F2NO3. The van der Waals surface area contributed by atoms with E-state index in [-0.39, 0.29) is 12.5 Å². The van der Waals surface area contributed by atoms with Gasteiger partial charge in [-0.05, 0) is 30.2 Å². The Balaban J connectivity index is 1.62. The summed E-state index contributed by atoms with van der Waals surface area (Å²) in [7, 11) is 1.59. The van der Waals surface area contributed by atoms with Gasteiger partial charge in [0.15, 0.2) is 0 Å². The zero-order valence-corrected chi connectivity index (χ0v) is 13.1. The largest absolute Gasteiger partial charge is 0.497 e. The van der Waals surface area contributed by atoms with Crippen LogP contribution in [-0.4, -0.2) is 26.2 Å². The Hall–Kier alpha value is -2.63. The molecule has 3 rings (SSSR count). The van der Waals surface area contributed by atoms with Crippen molar-refractivity contribution >= 4 is 5.91 Å². The van der Waals surface area contributed by atoms with Crippen molar-refractivity contribution in [2.24, 2.45) is 5.92 Å². The summed E-state index contributed by atoms with van der Waals surface area (Å²) in [6.07, 6.45) is 0.708. The Morgan fingerprint density at radius 3 is 2.75 bits per heavy atom. The minimum atomic E-state index is -0.871. The lowest BCUT2D eigenvalue weighted by Crippen LogP contribution is -2.35. The van der Waals surface area contributed by atoms with E-state index >= 15 is 0 Å². The second-order valence-corrected chi connectivity index (χ2v) is 5.66. The molecular weight excluding hydrogens is 316 g/mol. The number of fused-ring (bicyclic) bond motifs is 1. The molecule has 24 heavy (non-hydrogen) atoms. The number of halogens is 2. The zero-order valence-electron chi connectivity index (χ0n) is 13.1. The number of carbonyl (C=O) groups excluding carboxylic acids is 1. The first-order valence-corrected chi connectivity index (χ1v) is 7.60. The molecule has 1 aliphatic heterocycles. The van der Waals surface area contributed by atoms with Gasteiger partial charge in [-0.25, -0.2) is 8.78 Å². The molecule has 0 fully saturated rings. The average molecular weight is 333 g/mol. The highest BCUT2D eigenvalue weighted by molar-refractivity contribution is 5.94. The van der Waals surface area contributed by atoms with E-state index in [0.29, 0.717) is 13.0 Å². The summed E-state index contributed by atoms with van der Waals surface area (Å²) in [6.45, 7) is 0.693. The van der Waals surface area contributed by atoms with E-state index in [0.717, 1.165) is 29.2 Å². The van der Waals surface area contributed by atoms with Gasteiger partial charge in [-0.15, -0.1) is 0 Å². The molecule has 4 nitrogen and oxygen atoms in total. The van der Waals surface area contributed by atoms with Crippen molar-refractivity contribution in [1.29, 1.82) is 0 Å².